The Kier molecular flexibility index (Phi) is 6.02. The highest BCUT2D eigenvalue weighted by Gasteiger charge is 2.31. The fourth-order valence-corrected chi connectivity index (χ4v) is 3.83. The molecule has 1 aromatic heterocycles. The van der Waals surface area contributed by atoms with Gasteiger partial charge in [0.1, 0.15) is 11.4 Å². The van der Waals surface area contributed by atoms with Gasteiger partial charge in [-0.1, -0.05) is 6.42 Å². The van der Waals surface area contributed by atoms with Crippen LogP contribution in [-0.2, 0) is 5.60 Å². The van der Waals surface area contributed by atoms with Crippen LogP contribution >= 0.6 is 0 Å². The average molecular weight is 348 g/mol. The second-order valence-corrected chi connectivity index (χ2v) is 7.41. The van der Waals surface area contributed by atoms with Crippen LogP contribution < -0.4 is 5.32 Å². The summed E-state index contributed by atoms with van der Waals surface area (Å²) in [5, 5.41) is 14.0. The number of likely N-dealkylation sites (tertiary alicyclic amines) is 2. The summed E-state index contributed by atoms with van der Waals surface area (Å²) in [5.74, 6) is 1.45. The molecule has 1 aromatic rings. The fourth-order valence-electron chi connectivity index (χ4n) is 3.83. The van der Waals surface area contributed by atoms with Crippen LogP contribution in [0.1, 0.15) is 45.3 Å². The van der Waals surface area contributed by atoms with Gasteiger partial charge >= 0.3 is 0 Å². The minimum atomic E-state index is -1.09. The van der Waals surface area contributed by atoms with Gasteiger partial charge in [-0.25, -0.2) is 4.99 Å². The molecule has 0 saturated carbocycles. The van der Waals surface area contributed by atoms with Crippen molar-refractivity contribution in [2.24, 2.45) is 4.99 Å². The smallest absolute Gasteiger partial charge is 0.194 e. The monoisotopic (exact) mass is 348 g/mol. The van der Waals surface area contributed by atoms with Crippen molar-refractivity contribution in [3.8, 4) is 0 Å². The van der Waals surface area contributed by atoms with Gasteiger partial charge in [0.25, 0.3) is 0 Å². The Balaban J connectivity index is 1.62. The third kappa shape index (κ3) is 4.55. The lowest BCUT2D eigenvalue weighted by atomic mass is 10.0. The third-order valence-electron chi connectivity index (χ3n) is 5.29. The topological polar surface area (TPSA) is 64.2 Å². The second-order valence-electron chi connectivity index (χ2n) is 7.41. The van der Waals surface area contributed by atoms with Crippen LogP contribution in [-0.4, -0.2) is 66.2 Å². The summed E-state index contributed by atoms with van der Waals surface area (Å²) < 4.78 is 5.35. The molecular weight excluding hydrogens is 316 g/mol. The molecule has 2 saturated heterocycles. The van der Waals surface area contributed by atoms with Crippen molar-refractivity contribution in [3.63, 3.8) is 0 Å². The van der Waals surface area contributed by atoms with Gasteiger partial charge in [-0.2, -0.15) is 0 Å². The number of nitrogens with one attached hydrogen (secondary N) is 1. The minimum Gasteiger partial charge on any atom is -0.466 e. The van der Waals surface area contributed by atoms with E-state index < -0.39 is 5.60 Å². The molecule has 140 valence electrons. The lowest BCUT2D eigenvalue weighted by Crippen LogP contribution is -2.45. The number of rotatable bonds is 5. The zero-order valence-corrected chi connectivity index (χ0v) is 15.6. The van der Waals surface area contributed by atoms with Crippen LogP contribution in [0.3, 0.4) is 0 Å². The Labute approximate surface area is 150 Å². The van der Waals surface area contributed by atoms with E-state index in [-0.39, 0.29) is 6.54 Å². The number of aliphatic imine (C=N–C) groups is 1. The van der Waals surface area contributed by atoms with E-state index in [9.17, 15) is 5.11 Å². The van der Waals surface area contributed by atoms with E-state index in [0.717, 1.165) is 25.6 Å². The minimum absolute atomic E-state index is 0.285. The molecule has 2 N–H and O–H groups in total. The Morgan fingerprint density at radius 2 is 2.16 bits per heavy atom. The van der Waals surface area contributed by atoms with E-state index in [1.807, 2.05) is 0 Å². The van der Waals surface area contributed by atoms with Gasteiger partial charge in [-0.05, 0) is 58.3 Å². The van der Waals surface area contributed by atoms with Gasteiger partial charge in [0, 0.05) is 25.7 Å². The van der Waals surface area contributed by atoms with Crippen molar-refractivity contribution in [2.75, 3.05) is 39.3 Å². The molecule has 0 bridgehead atoms. The maximum atomic E-state index is 10.6. The molecule has 2 atom stereocenters. The second kappa shape index (κ2) is 8.23. The first-order valence-corrected chi connectivity index (χ1v) is 9.64. The predicted octanol–water partition coefficient (Wildman–Crippen LogP) is 2.01. The molecule has 0 spiro atoms. The highest BCUT2D eigenvalue weighted by Crippen LogP contribution is 2.23. The standard InChI is InChI=1S/C19H32N4O2/c1-3-20-18(21-15-19(2,24)17-8-7-13-25-17)23-12-9-16(14-23)22-10-5-4-6-11-22/h7-8,13,16,24H,3-6,9-12,14-15H2,1-2H3,(H,20,21). The highest BCUT2D eigenvalue weighted by atomic mass is 16.4. The van der Waals surface area contributed by atoms with Crippen LogP contribution in [0.5, 0.6) is 0 Å². The molecule has 0 aromatic carbocycles. The van der Waals surface area contributed by atoms with Gasteiger partial charge in [-0.3, -0.25) is 4.90 Å². The van der Waals surface area contributed by atoms with Gasteiger partial charge in [0.2, 0.25) is 0 Å². The van der Waals surface area contributed by atoms with E-state index in [0.29, 0.717) is 11.8 Å². The normalized spacial score (nSPS) is 25.2. The molecule has 0 radical (unpaired) electrons. The predicted molar refractivity (Wildman–Crippen MR) is 99.7 cm³/mol. The molecule has 6 nitrogen and oxygen atoms in total. The number of hydrogen-bond acceptors (Lipinski definition) is 4. The summed E-state index contributed by atoms with van der Waals surface area (Å²) in [5.41, 5.74) is -1.09. The Morgan fingerprint density at radius 3 is 2.84 bits per heavy atom. The van der Waals surface area contributed by atoms with E-state index in [1.165, 1.54) is 38.8 Å². The summed E-state index contributed by atoms with van der Waals surface area (Å²) in [4.78, 5) is 9.68. The van der Waals surface area contributed by atoms with Gasteiger partial charge < -0.3 is 19.7 Å². The van der Waals surface area contributed by atoms with Crippen molar-refractivity contribution < 1.29 is 9.52 Å². The number of nitrogens with zero attached hydrogens (tertiary/aromatic N) is 3. The van der Waals surface area contributed by atoms with Crippen LogP contribution in [0.25, 0.3) is 0 Å². The lowest BCUT2D eigenvalue weighted by molar-refractivity contribution is 0.0435. The van der Waals surface area contributed by atoms with Crippen molar-refractivity contribution in [1.82, 2.24) is 15.1 Å². The van der Waals surface area contributed by atoms with Gasteiger partial charge in [0.05, 0.1) is 12.8 Å². The third-order valence-corrected chi connectivity index (χ3v) is 5.29. The van der Waals surface area contributed by atoms with Crippen molar-refractivity contribution in [3.05, 3.63) is 24.2 Å². The zero-order chi connectivity index (χ0) is 17.7. The van der Waals surface area contributed by atoms with Crippen LogP contribution in [0.4, 0.5) is 0 Å². The van der Waals surface area contributed by atoms with Crippen LogP contribution in [0.2, 0.25) is 0 Å². The molecule has 2 unspecified atom stereocenters. The highest BCUT2D eigenvalue weighted by molar-refractivity contribution is 5.80. The lowest BCUT2D eigenvalue weighted by Gasteiger charge is -2.32. The van der Waals surface area contributed by atoms with E-state index >= 15 is 0 Å². The maximum Gasteiger partial charge on any atom is 0.194 e. The number of hydrogen-bond donors (Lipinski definition) is 2. The molecule has 3 rings (SSSR count). The molecule has 25 heavy (non-hydrogen) atoms. The molecule has 0 amide bonds. The SMILES string of the molecule is CCNC(=NCC(C)(O)c1ccco1)N1CCC(N2CCCCC2)C1. The van der Waals surface area contributed by atoms with Crippen molar-refractivity contribution in [2.45, 2.75) is 51.2 Å². The molecular formula is C19H32N4O2. The van der Waals surface area contributed by atoms with Crippen molar-refractivity contribution in [1.29, 1.82) is 0 Å². The van der Waals surface area contributed by atoms with Gasteiger partial charge in [0.15, 0.2) is 5.96 Å². The summed E-state index contributed by atoms with van der Waals surface area (Å²) in [6.07, 6.45) is 6.81. The quantitative estimate of drug-likeness (QED) is 0.629. The van der Waals surface area contributed by atoms with E-state index in [1.54, 1.807) is 25.3 Å². The van der Waals surface area contributed by atoms with E-state index in [2.05, 4.69) is 22.0 Å². The Bertz CT molecular complexity index is 550. The molecule has 2 fully saturated rings. The van der Waals surface area contributed by atoms with Crippen LogP contribution in [0.15, 0.2) is 27.8 Å². The number of guanidine groups is 1. The van der Waals surface area contributed by atoms with E-state index in [4.69, 9.17) is 9.41 Å². The molecule has 2 aliphatic heterocycles. The summed E-state index contributed by atoms with van der Waals surface area (Å²) in [7, 11) is 0. The molecule has 2 aliphatic rings. The van der Waals surface area contributed by atoms with Crippen molar-refractivity contribution >= 4 is 5.96 Å². The Morgan fingerprint density at radius 1 is 1.36 bits per heavy atom. The maximum absolute atomic E-state index is 10.6. The first kappa shape index (κ1) is 18.3. The number of piperidine rings is 1. The fraction of sp³-hybridized carbons (Fsp3) is 0.737. The average Bonchev–Trinajstić information content (AvgIpc) is 3.31. The molecule has 0 aliphatic carbocycles. The first-order chi connectivity index (χ1) is 12.1. The Hall–Kier alpha value is -1.53. The first-order valence-electron chi connectivity index (χ1n) is 9.64. The zero-order valence-electron chi connectivity index (χ0n) is 15.6. The number of furan rings is 1. The summed E-state index contributed by atoms with van der Waals surface area (Å²) >= 11 is 0. The molecule has 3 heterocycles. The summed E-state index contributed by atoms with van der Waals surface area (Å²) in [6.45, 7) is 9.46. The molecule has 6 heteroatoms. The van der Waals surface area contributed by atoms with Crippen LogP contribution in [0, 0.1) is 0 Å². The number of aliphatic hydroxyl groups is 1. The van der Waals surface area contributed by atoms with Gasteiger partial charge in [-0.15, -0.1) is 0 Å². The summed E-state index contributed by atoms with van der Waals surface area (Å²) in [6, 6.07) is 4.22. The largest absolute Gasteiger partial charge is 0.466 e.